The first kappa shape index (κ1) is 18.2. The number of nitrogens with zero attached hydrogens (tertiary/aromatic N) is 4. The van der Waals surface area contributed by atoms with Crippen LogP contribution < -0.4 is 10.5 Å². The maximum absolute atomic E-state index is 12.3. The summed E-state index contributed by atoms with van der Waals surface area (Å²) >= 11 is 3.25. The van der Waals surface area contributed by atoms with Gasteiger partial charge in [-0.25, -0.2) is 9.78 Å². The molecule has 3 aromatic heterocycles. The summed E-state index contributed by atoms with van der Waals surface area (Å²) in [5, 5.41) is 4.32. The van der Waals surface area contributed by atoms with Gasteiger partial charge in [-0.3, -0.25) is 0 Å². The fourth-order valence-corrected chi connectivity index (χ4v) is 2.78. The summed E-state index contributed by atoms with van der Waals surface area (Å²) in [6, 6.07) is 6.68. The molecule has 138 valence electrons. The van der Waals surface area contributed by atoms with Crippen molar-refractivity contribution in [2.45, 2.75) is 26.7 Å². The molecule has 0 unspecified atom stereocenters. The molecule has 0 aliphatic rings. The molecule has 0 fully saturated rings. The van der Waals surface area contributed by atoms with Crippen molar-refractivity contribution in [2.24, 2.45) is 0 Å². The van der Waals surface area contributed by atoms with Gasteiger partial charge in [-0.15, -0.1) is 5.10 Å². The molecule has 3 rings (SSSR count). The van der Waals surface area contributed by atoms with Crippen LogP contribution in [0.5, 0.6) is 5.75 Å². The van der Waals surface area contributed by atoms with Crippen LogP contribution in [-0.2, 0) is 0 Å². The van der Waals surface area contributed by atoms with Crippen LogP contribution >= 0.6 is 15.9 Å². The van der Waals surface area contributed by atoms with Gasteiger partial charge >= 0.3 is 6.09 Å². The van der Waals surface area contributed by atoms with Crippen molar-refractivity contribution in [2.75, 3.05) is 18.8 Å². The average Bonchev–Trinajstić information content (AvgIpc) is 3.22. The van der Waals surface area contributed by atoms with E-state index in [9.17, 15) is 4.79 Å². The Bertz CT molecular complexity index is 920. The van der Waals surface area contributed by atoms with Crippen molar-refractivity contribution < 1.29 is 13.9 Å². The van der Waals surface area contributed by atoms with Gasteiger partial charge in [0.2, 0.25) is 5.82 Å². The summed E-state index contributed by atoms with van der Waals surface area (Å²) in [5.41, 5.74) is 6.50. The molecule has 0 aliphatic heterocycles. The molecule has 0 saturated heterocycles. The number of rotatable bonds is 6. The molecule has 0 atom stereocenters. The van der Waals surface area contributed by atoms with E-state index in [2.05, 4.69) is 32.9 Å². The summed E-state index contributed by atoms with van der Waals surface area (Å²) in [4.78, 5) is 18.4. The molecule has 3 aromatic rings. The minimum absolute atomic E-state index is 0.311. The van der Waals surface area contributed by atoms with Gasteiger partial charge in [-0.1, -0.05) is 13.3 Å². The van der Waals surface area contributed by atoms with Crippen LogP contribution in [0.25, 0.3) is 17.2 Å². The van der Waals surface area contributed by atoms with Crippen molar-refractivity contribution in [1.82, 2.24) is 19.5 Å². The second kappa shape index (κ2) is 7.77. The number of hydrogen-bond acceptors (Lipinski definition) is 6. The highest BCUT2D eigenvalue weighted by Gasteiger charge is 2.17. The van der Waals surface area contributed by atoms with Gasteiger partial charge in [0, 0.05) is 25.2 Å². The third-order valence-electron chi connectivity index (χ3n) is 3.86. The average molecular weight is 422 g/mol. The number of unbranched alkanes of at least 4 members (excludes halogenated alkanes) is 1. The zero-order valence-electron chi connectivity index (χ0n) is 14.6. The largest absolute Gasteiger partial charge is 0.446 e. The highest BCUT2D eigenvalue weighted by atomic mass is 79.9. The van der Waals surface area contributed by atoms with Crippen LogP contribution in [0.3, 0.4) is 0 Å². The molecule has 0 bridgehead atoms. The van der Waals surface area contributed by atoms with Crippen LogP contribution in [0.2, 0.25) is 0 Å². The van der Waals surface area contributed by atoms with Crippen LogP contribution in [0.1, 0.15) is 26.7 Å². The van der Waals surface area contributed by atoms with Crippen molar-refractivity contribution in [3.05, 3.63) is 28.9 Å². The van der Waals surface area contributed by atoms with Crippen LogP contribution in [0, 0.1) is 0 Å². The van der Waals surface area contributed by atoms with Crippen LogP contribution in [0.15, 0.2) is 33.4 Å². The van der Waals surface area contributed by atoms with E-state index in [1.54, 1.807) is 29.2 Å². The minimum Gasteiger partial charge on any atom is -0.446 e. The molecule has 8 nitrogen and oxygen atoms in total. The number of carbonyl (C=O) groups excluding carboxylic acids is 1. The van der Waals surface area contributed by atoms with Gasteiger partial charge in [0.1, 0.15) is 11.6 Å². The SMILES string of the molecule is CCCCN(CC)C(=O)Oc1cc(N)n2nc(-c3ccc(Br)o3)nc2c1. The maximum atomic E-state index is 12.3. The molecule has 0 aromatic carbocycles. The number of furan rings is 1. The highest BCUT2D eigenvalue weighted by Crippen LogP contribution is 2.25. The van der Waals surface area contributed by atoms with E-state index in [-0.39, 0.29) is 0 Å². The zero-order chi connectivity index (χ0) is 18.7. The third-order valence-corrected chi connectivity index (χ3v) is 4.28. The fourth-order valence-electron chi connectivity index (χ4n) is 2.47. The van der Waals surface area contributed by atoms with Crippen molar-refractivity contribution in [3.63, 3.8) is 0 Å². The number of ether oxygens (including phenoxy) is 1. The Morgan fingerprint density at radius 2 is 2.19 bits per heavy atom. The number of halogens is 1. The van der Waals surface area contributed by atoms with E-state index in [0.717, 1.165) is 12.8 Å². The molecule has 0 saturated carbocycles. The Morgan fingerprint density at radius 3 is 2.85 bits per heavy atom. The van der Waals surface area contributed by atoms with E-state index >= 15 is 0 Å². The lowest BCUT2D eigenvalue weighted by molar-refractivity contribution is 0.154. The van der Waals surface area contributed by atoms with Gasteiger partial charge in [0.05, 0.1) is 0 Å². The second-order valence-electron chi connectivity index (χ2n) is 5.73. The van der Waals surface area contributed by atoms with E-state index in [1.165, 1.54) is 4.52 Å². The topological polar surface area (TPSA) is 98.9 Å². The van der Waals surface area contributed by atoms with Crippen molar-refractivity contribution in [1.29, 1.82) is 0 Å². The Balaban J connectivity index is 1.85. The number of nitrogens with two attached hydrogens (primary N) is 1. The third kappa shape index (κ3) is 3.82. The number of fused-ring (bicyclic) bond motifs is 1. The molecule has 9 heteroatoms. The lowest BCUT2D eigenvalue weighted by Crippen LogP contribution is -2.34. The minimum atomic E-state index is -0.403. The Labute approximate surface area is 159 Å². The summed E-state index contributed by atoms with van der Waals surface area (Å²) in [6.07, 6.45) is 1.53. The number of hydrogen-bond donors (Lipinski definition) is 1. The second-order valence-corrected chi connectivity index (χ2v) is 6.51. The lowest BCUT2D eigenvalue weighted by Gasteiger charge is -2.19. The molecule has 2 N–H and O–H groups in total. The normalized spacial score (nSPS) is 11.0. The number of pyridine rings is 1. The number of nitrogen functional groups attached to an aromatic ring is 1. The first-order valence-electron chi connectivity index (χ1n) is 8.40. The maximum Gasteiger partial charge on any atom is 0.415 e. The van der Waals surface area contributed by atoms with Gasteiger partial charge in [0.15, 0.2) is 16.1 Å². The highest BCUT2D eigenvalue weighted by molar-refractivity contribution is 9.10. The number of aromatic nitrogens is 3. The Kier molecular flexibility index (Phi) is 5.46. The van der Waals surface area contributed by atoms with Crippen LogP contribution in [-0.4, -0.2) is 38.7 Å². The molecule has 26 heavy (non-hydrogen) atoms. The molecule has 3 heterocycles. The summed E-state index contributed by atoms with van der Waals surface area (Å²) < 4.78 is 13.0. The predicted molar refractivity (Wildman–Crippen MR) is 101 cm³/mol. The number of amides is 1. The molecule has 0 spiro atoms. The summed E-state index contributed by atoms with van der Waals surface area (Å²) in [6.45, 7) is 5.24. The Morgan fingerprint density at radius 1 is 1.38 bits per heavy atom. The van der Waals surface area contributed by atoms with E-state index in [4.69, 9.17) is 14.9 Å². The fraction of sp³-hybridized carbons (Fsp3) is 0.353. The quantitative estimate of drug-likeness (QED) is 0.646. The number of carbonyl (C=O) groups is 1. The zero-order valence-corrected chi connectivity index (χ0v) is 16.2. The standard InChI is InChI=1S/C17H20BrN5O3/c1-3-5-8-22(4-2)17(24)25-11-9-14(19)23-15(10-11)20-16(21-23)12-6-7-13(18)26-12/h6-7,9-10H,3-5,8,19H2,1-2H3. The van der Waals surface area contributed by atoms with E-state index in [1.807, 2.05) is 6.92 Å². The monoisotopic (exact) mass is 421 g/mol. The van der Waals surface area contributed by atoms with Gasteiger partial charge in [0.25, 0.3) is 0 Å². The molecule has 0 aliphatic carbocycles. The molecular weight excluding hydrogens is 402 g/mol. The molecular formula is C17H20BrN5O3. The van der Waals surface area contributed by atoms with Gasteiger partial charge in [-0.2, -0.15) is 4.52 Å². The van der Waals surface area contributed by atoms with E-state index in [0.29, 0.717) is 46.6 Å². The first-order chi connectivity index (χ1) is 12.5. The molecule has 0 radical (unpaired) electrons. The van der Waals surface area contributed by atoms with Crippen LogP contribution in [0.4, 0.5) is 10.6 Å². The predicted octanol–water partition coefficient (Wildman–Crippen LogP) is 3.95. The Hall–Kier alpha value is -2.55. The van der Waals surface area contributed by atoms with E-state index < -0.39 is 6.09 Å². The van der Waals surface area contributed by atoms with Crippen molar-refractivity contribution in [3.8, 4) is 17.3 Å². The van der Waals surface area contributed by atoms with Gasteiger partial charge in [-0.05, 0) is 41.4 Å². The van der Waals surface area contributed by atoms with Crippen molar-refractivity contribution >= 4 is 33.5 Å². The van der Waals surface area contributed by atoms with Gasteiger partial charge < -0.3 is 19.8 Å². The first-order valence-corrected chi connectivity index (χ1v) is 9.19. The smallest absolute Gasteiger partial charge is 0.415 e. The summed E-state index contributed by atoms with van der Waals surface area (Å²) in [5.74, 6) is 1.54. The summed E-state index contributed by atoms with van der Waals surface area (Å²) in [7, 11) is 0. The number of anilines is 1. The molecule has 1 amide bonds. The lowest BCUT2D eigenvalue weighted by atomic mass is 10.3.